The zero-order valence-electron chi connectivity index (χ0n) is 14.4. The smallest absolute Gasteiger partial charge is 0.310 e. The molecule has 0 radical (unpaired) electrons. The van der Waals surface area contributed by atoms with Gasteiger partial charge in [-0.2, -0.15) is 5.10 Å². The fourth-order valence-electron chi connectivity index (χ4n) is 2.81. The number of nitrogens with zero attached hydrogens (tertiary/aromatic N) is 4. The number of aromatic nitrogens is 3. The molecule has 28 heavy (non-hydrogen) atoms. The molecule has 0 unspecified atom stereocenters. The van der Waals surface area contributed by atoms with Gasteiger partial charge in [-0.25, -0.2) is 15.1 Å². The summed E-state index contributed by atoms with van der Waals surface area (Å²) >= 11 is 0. The highest BCUT2D eigenvalue weighted by atomic mass is 16.7. The van der Waals surface area contributed by atoms with Gasteiger partial charge in [0.2, 0.25) is 12.6 Å². The van der Waals surface area contributed by atoms with Crippen LogP contribution in [0, 0.1) is 0 Å². The van der Waals surface area contributed by atoms with E-state index >= 15 is 0 Å². The predicted molar refractivity (Wildman–Crippen MR) is 90.7 cm³/mol. The molecule has 12 heteroatoms. The Kier molecular flexibility index (Phi) is 4.92. The van der Waals surface area contributed by atoms with Crippen molar-refractivity contribution < 1.29 is 34.3 Å². The monoisotopic (exact) mass is 391 g/mol. The summed E-state index contributed by atoms with van der Waals surface area (Å²) < 4.78 is 16.9. The van der Waals surface area contributed by atoms with Crippen LogP contribution in [-0.2, 0) is 4.74 Å². The number of amides is 1. The van der Waals surface area contributed by atoms with E-state index in [9.17, 15) is 15.0 Å². The fourth-order valence-corrected chi connectivity index (χ4v) is 2.81. The predicted octanol–water partition coefficient (Wildman–Crippen LogP) is -1.62. The zero-order chi connectivity index (χ0) is 19.7. The number of fused-ring (bicyclic) bond motifs is 1. The van der Waals surface area contributed by atoms with Gasteiger partial charge in [0.25, 0.3) is 0 Å². The lowest BCUT2D eigenvalue weighted by Gasteiger charge is -2.13. The van der Waals surface area contributed by atoms with Crippen LogP contribution < -0.4 is 14.9 Å². The van der Waals surface area contributed by atoms with Crippen LogP contribution in [0.15, 0.2) is 29.6 Å². The van der Waals surface area contributed by atoms with Gasteiger partial charge in [-0.3, -0.25) is 4.79 Å². The van der Waals surface area contributed by atoms with E-state index in [2.05, 4.69) is 20.6 Å². The van der Waals surface area contributed by atoms with Crippen molar-refractivity contribution in [2.75, 3.05) is 13.4 Å². The van der Waals surface area contributed by atoms with E-state index in [4.69, 9.17) is 19.3 Å². The number of carbonyl (C=O) groups is 1. The van der Waals surface area contributed by atoms with E-state index in [1.54, 1.807) is 18.2 Å². The van der Waals surface area contributed by atoms with Gasteiger partial charge in [-0.05, 0) is 23.8 Å². The van der Waals surface area contributed by atoms with Crippen molar-refractivity contribution in [2.24, 2.45) is 5.10 Å². The summed E-state index contributed by atoms with van der Waals surface area (Å²) in [4.78, 5) is 16.0. The van der Waals surface area contributed by atoms with Crippen LogP contribution in [0.3, 0.4) is 0 Å². The molecule has 4 N–H and O–H groups in total. The van der Waals surface area contributed by atoms with Gasteiger partial charge < -0.3 is 29.5 Å². The van der Waals surface area contributed by atoms with Gasteiger partial charge in [0.15, 0.2) is 17.7 Å². The summed E-state index contributed by atoms with van der Waals surface area (Å²) in [6.45, 7) is -0.304. The van der Waals surface area contributed by atoms with Gasteiger partial charge in [0.1, 0.15) is 24.6 Å². The molecule has 0 bridgehead atoms. The molecule has 1 aromatic heterocycles. The van der Waals surface area contributed by atoms with Crippen LogP contribution in [0.2, 0.25) is 0 Å². The van der Waals surface area contributed by atoms with Crippen LogP contribution in [0.4, 0.5) is 0 Å². The lowest BCUT2D eigenvalue weighted by Crippen LogP contribution is -2.33. The fraction of sp³-hybridized carbons (Fsp3) is 0.375. The molecule has 4 rings (SSSR count). The second-order valence-electron chi connectivity index (χ2n) is 6.09. The molecule has 3 heterocycles. The largest absolute Gasteiger partial charge is 0.454 e. The molecule has 1 saturated heterocycles. The number of carbonyl (C=O) groups excluding carboxylic acids is 1. The maximum atomic E-state index is 12.1. The van der Waals surface area contributed by atoms with Crippen molar-refractivity contribution in [3.63, 3.8) is 0 Å². The van der Waals surface area contributed by atoms with E-state index in [0.717, 1.165) is 4.68 Å². The van der Waals surface area contributed by atoms with Gasteiger partial charge in [0.05, 0.1) is 12.8 Å². The SMILES string of the molecule is O=C(N/N=C/c1ccc2c(c1)OCO2)c1ncn([C@@H]2O[C@H](CO)[C@@H](O)[C@H]2O)n1. The van der Waals surface area contributed by atoms with E-state index < -0.39 is 37.1 Å². The summed E-state index contributed by atoms with van der Waals surface area (Å²) in [6, 6.07) is 5.19. The Morgan fingerprint density at radius 3 is 2.93 bits per heavy atom. The molecule has 2 aromatic rings. The van der Waals surface area contributed by atoms with Gasteiger partial charge in [-0.1, -0.05) is 0 Å². The van der Waals surface area contributed by atoms with E-state index in [0.29, 0.717) is 17.1 Å². The number of hydrazone groups is 1. The number of hydrogen-bond donors (Lipinski definition) is 4. The molecular formula is C16H17N5O7. The summed E-state index contributed by atoms with van der Waals surface area (Å²) in [6.07, 6.45) is -2.02. The molecule has 1 fully saturated rings. The quantitative estimate of drug-likeness (QED) is 0.347. The second kappa shape index (κ2) is 7.52. The van der Waals surface area contributed by atoms with Crippen LogP contribution in [0.5, 0.6) is 11.5 Å². The van der Waals surface area contributed by atoms with Crippen molar-refractivity contribution in [3.8, 4) is 11.5 Å². The molecular weight excluding hydrogens is 374 g/mol. The first-order chi connectivity index (χ1) is 13.6. The minimum atomic E-state index is -1.32. The average Bonchev–Trinajstić information content (AvgIpc) is 3.42. The number of nitrogens with one attached hydrogen (secondary N) is 1. The highest BCUT2D eigenvalue weighted by Crippen LogP contribution is 2.32. The maximum Gasteiger partial charge on any atom is 0.310 e. The third-order valence-corrected chi connectivity index (χ3v) is 4.27. The molecule has 4 atom stereocenters. The lowest BCUT2D eigenvalue weighted by molar-refractivity contribution is -0.0588. The Bertz CT molecular complexity index is 901. The Morgan fingerprint density at radius 2 is 2.14 bits per heavy atom. The third kappa shape index (κ3) is 3.41. The minimum absolute atomic E-state index is 0.163. The average molecular weight is 391 g/mol. The van der Waals surface area contributed by atoms with Gasteiger partial charge in [0, 0.05) is 0 Å². The third-order valence-electron chi connectivity index (χ3n) is 4.27. The second-order valence-corrected chi connectivity index (χ2v) is 6.09. The van der Waals surface area contributed by atoms with E-state index in [1.807, 2.05) is 0 Å². The van der Waals surface area contributed by atoms with Crippen LogP contribution in [-0.4, -0.2) is 73.9 Å². The molecule has 1 aromatic carbocycles. The first kappa shape index (κ1) is 18.3. The Hall–Kier alpha value is -3.06. The van der Waals surface area contributed by atoms with Crippen molar-refractivity contribution in [1.29, 1.82) is 0 Å². The van der Waals surface area contributed by atoms with Gasteiger partial charge >= 0.3 is 5.91 Å². The van der Waals surface area contributed by atoms with Crippen molar-refractivity contribution >= 4 is 12.1 Å². The lowest BCUT2D eigenvalue weighted by atomic mass is 10.1. The van der Waals surface area contributed by atoms with Crippen LogP contribution >= 0.6 is 0 Å². The number of hydrogen-bond acceptors (Lipinski definition) is 10. The Morgan fingerprint density at radius 1 is 1.32 bits per heavy atom. The number of benzene rings is 1. The number of ether oxygens (including phenoxy) is 3. The van der Waals surface area contributed by atoms with E-state index in [-0.39, 0.29) is 12.6 Å². The maximum absolute atomic E-state index is 12.1. The topological polar surface area (TPSA) is 161 Å². The molecule has 12 nitrogen and oxygen atoms in total. The summed E-state index contributed by atoms with van der Waals surface area (Å²) in [5.74, 6) is 0.345. The first-order valence-corrected chi connectivity index (χ1v) is 8.33. The van der Waals surface area contributed by atoms with Crippen LogP contribution in [0.25, 0.3) is 0 Å². The van der Waals surface area contributed by atoms with Crippen LogP contribution in [0.1, 0.15) is 22.4 Å². The van der Waals surface area contributed by atoms with Gasteiger partial charge in [-0.15, -0.1) is 5.10 Å². The molecule has 2 aliphatic heterocycles. The summed E-state index contributed by atoms with van der Waals surface area (Å²) in [5, 5.41) is 36.6. The highest BCUT2D eigenvalue weighted by Gasteiger charge is 2.44. The molecule has 148 valence electrons. The number of aliphatic hydroxyl groups is 3. The Labute approximate surface area is 158 Å². The summed E-state index contributed by atoms with van der Waals surface area (Å²) in [7, 11) is 0. The zero-order valence-corrected chi connectivity index (χ0v) is 14.4. The molecule has 0 saturated carbocycles. The van der Waals surface area contributed by atoms with Crippen molar-refractivity contribution in [2.45, 2.75) is 24.5 Å². The molecule has 2 aliphatic rings. The number of rotatable bonds is 5. The first-order valence-electron chi connectivity index (χ1n) is 8.33. The molecule has 0 aliphatic carbocycles. The molecule has 1 amide bonds. The highest BCUT2D eigenvalue weighted by molar-refractivity contribution is 5.91. The summed E-state index contributed by atoms with van der Waals surface area (Å²) in [5.41, 5.74) is 2.98. The van der Waals surface area contributed by atoms with E-state index in [1.165, 1.54) is 12.5 Å². The number of aliphatic hydroxyl groups excluding tert-OH is 3. The Balaban J connectivity index is 1.38. The van der Waals surface area contributed by atoms with Crippen molar-refractivity contribution in [3.05, 3.63) is 35.9 Å². The normalized spacial score (nSPS) is 26.1. The molecule has 0 spiro atoms. The van der Waals surface area contributed by atoms with Crippen molar-refractivity contribution in [1.82, 2.24) is 20.2 Å². The standard InChI is InChI=1S/C16H17N5O7/c22-5-11-12(23)13(24)16(28-11)21-6-17-14(20-21)15(25)19-18-4-8-1-2-9-10(3-8)27-7-26-9/h1-4,6,11-13,16,22-24H,5,7H2,(H,19,25)/b18-4+/t11-,12-,13-,16-/m1/s1. The minimum Gasteiger partial charge on any atom is -0.454 e.